The largest absolute Gasteiger partial charge is 0.327 e. The highest BCUT2D eigenvalue weighted by Crippen LogP contribution is 2.46. The van der Waals surface area contributed by atoms with Crippen LogP contribution < -0.4 is 22.9 Å². The molecule has 0 saturated heterocycles. The van der Waals surface area contributed by atoms with Crippen LogP contribution in [0, 0.1) is 93.5 Å². The van der Waals surface area contributed by atoms with Gasteiger partial charge in [0.1, 0.15) is 115 Å². The monoisotopic (exact) mass is 1990 g/mol. The van der Waals surface area contributed by atoms with E-state index in [9.17, 15) is 84.5 Å². The summed E-state index contributed by atoms with van der Waals surface area (Å²) in [6, 6.07) is 28.4. The molecule has 730 valence electrons. The van der Waals surface area contributed by atoms with E-state index in [0.717, 1.165) is 144 Å². The Morgan fingerprint density at radius 2 is 0.576 bits per heavy atom. The lowest BCUT2D eigenvalue weighted by Gasteiger charge is -2.38. The van der Waals surface area contributed by atoms with Gasteiger partial charge in [-0.15, -0.1) is 0 Å². The van der Waals surface area contributed by atoms with Crippen molar-refractivity contribution in [2.75, 3.05) is 25.0 Å². The van der Waals surface area contributed by atoms with Crippen molar-refractivity contribution in [2.45, 2.75) is 174 Å². The number of rotatable bonds is 24. The summed E-state index contributed by atoms with van der Waals surface area (Å²) >= 11 is 3.58. The van der Waals surface area contributed by atoms with Crippen LogP contribution in [0.15, 0.2) is 195 Å². The van der Waals surface area contributed by atoms with Gasteiger partial charge in [0.15, 0.2) is 33.0 Å². The van der Waals surface area contributed by atoms with E-state index in [1.54, 1.807) is 85.4 Å². The molecule has 4 aliphatic rings. The number of halogens is 12. The number of thioether (sulfide) groups is 2. The summed E-state index contributed by atoms with van der Waals surface area (Å²) in [4.78, 5) is 85.1. The number of aromatic nitrogens is 8. The van der Waals surface area contributed by atoms with E-state index in [4.69, 9.17) is 22.9 Å². The predicted molar refractivity (Wildman–Crippen MR) is 515 cm³/mol. The first-order valence-corrected chi connectivity index (χ1v) is 51.3. The second-order valence-corrected chi connectivity index (χ2v) is 41.9. The minimum absolute atomic E-state index is 0.00687. The molecule has 8 heterocycles. The molecule has 35 heteroatoms. The van der Waals surface area contributed by atoms with Crippen molar-refractivity contribution in [2.24, 2.45) is 46.6 Å². The third-order valence-electron chi connectivity index (χ3n) is 26.5. The molecular formula is C104H104F12N12O7S4. The third-order valence-corrected chi connectivity index (χ3v) is 32.6. The van der Waals surface area contributed by atoms with E-state index in [0.29, 0.717) is 52.7 Å². The third kappa shape index (κ3) is 24.6. The molecule has 16 rings (SSSR count). The highest BCUT2D eigenvalue weighted by Gasteiger charge is 2.43. The summed E-state index contributed by atoms with van der Waals surface area (Å²) in [5, 5.41) is 0.0626. The number of carbonyl (C=O) groups excluding carboxylic acids is 4. The van der Waals surface area contributed by atoms with Crippen LogP contribution in [0.1, 0.15) is 189 Å². The van der Waals surface area contributed by atoms with Gasteiger partial charge in [-0.1, -0.05) is 52.0 Å². The van der Waals surface area contributed by atoms with Crippen molar-refractivity contribution >= 4 is 67.3 Å². The smallest absolute Gasteiger partial charge is 0.185 e. The zero-order chi connectivity index (χ0) is 100. The van der Waals surface area contributed by atoms with Gasteiger partial charge in [-0.05, 0) is 277 Å². The Kier molecular flexibility index (Phi) is 35.0. The van der Waals surface area contributed by atoms with Gasteiger partial charge in [0.2, 0.25) is 0 Å². The highest BCUT2D eigenvalue weighted by atomic mass is 32.2. The summed E-state index contributed by atoms with van der Waals surface area (Å²) < 4.78 is 208. The standard InChI is InChI=1S/C26H26F3N3O3S.C26H26F3N3O2S.2C26H26F3N3OS/c1-14-10-15(11-21(30)26(14)36(2,34)35)17-8-9-31-13-16(17)12-23(33)22-7-6-20(29)25(32-22)24-18(27)4-3-5-19(24)28;1-14-10-15(11-21(30)26(14)35(2)34)17-8-9-31-13-16(17)12-23(33)22-7-6-20(29)25(32-22)24-18(27)4-3-5-19(24)28;2*1-14-10-15(11-21(30)26(14)34-2)17-8-9-31-13-16(17)12-23(33)22-7-6-20(29)25(32-22)24-18(27)4-3-5-19(24)28/h3-9,13-15,21,26H,10-12,30H2,1-2H3;3-9,13-15,21,26H,10-12,30H2,1-2H3;2*3-9,13-15,21,26H,10-12,30H2,1-2H3/t14-,15+,21+,26+;14-,15+,21+,26-,35?;14-,15+,21+,26+;14-,15+,21+,26-/m0000/s1. The first-order chi connectivity index (χ1) is 66.2. The average molecular weight is 1990 g/mol. The SMILES string of the molecule is CS[C@@H]1[C@H](N)C[C@H](c2ccncc2CC(=O)c2ccc(F)c(-c3c(F)cccc3F)n2)C[C@@H]1C.CS[C@H]1[C@H](N)C[C@H](c2ccncc2CC(=O)c2ccc(F)c(-c3c(F)cccc3F)n2)C[C@@H]1C.C[C@H]1C[C@@H](c2ccncc2CC(=O)c2ccc(F)c(-c3c(F)cccc3F)n2)C[C@@H](N)[C@@H]1S(C)(=O)=O.C[C@H]1C[C@@H](c2ccncc2CC(=O)c2ccc(F)c(-c3c(F)cccc3F)n2)C[C@@H](N)[C@H]1S(C)=O. The molecule has 8 aromatic heterocycles. The van der Waals surface area contributed by atoms with Gasteiger partial charge in [0.05, 0.1) is 32.8 Å². The summed E-state index contributed by atoms with van der Waals surface area (Å²) in [6.45, 7) is 8.29. The number of benzene rings is 4. The Labute approximate surface area is 809 Å². The number of hydrogen-bond donors (Lipinski definition) is 4. The summed E-state index contributed by atoms with van der Waals surface area (Å²) in [7, 11) is -4.35. The molecule has 0 aliphatic heterocycles. The van der Waals surface area contributed by atoms with Crippen LogP contribution >= 0.6 is 23.5 Å². The minimum atomic E-state index is -3.32. The first-order valence-electron chi connectivity index (χ1n) is 45.1. The molecule has 0 amide bonds. The fourth-order valence-corrected chi connectivity index (χ4v) is 25.5. The normalized spacial score (nSPS) is 22.6. The number of Topliss-reactive ketones (excluding diaryl/α,β-unsaturated/α-hetero) is 4. The number of ketones is 4. The molecule has 0 bridgehead atoms. The van der Waals surface area contributed by atoms with E-state index in [1.807, 2.05) is 32.0 Å². The van der Waals surface area contributed by atoms with Crippen LogP contribution in [0.5, 0.6) is 0 Å². The van der Waals surface area contributed by atoms with Gasteiger partial charge in [-0.25, -0.2) is 81.0 Å². The summed E-state index contributed by atoms with van der Waals surface area (Å²) in [5.41, 5.74) is 27.1. The fraction of sp³-hybridized carbons (Fsp3) is 0.346. The Balaban J connectivity index is 0.000000156. The Hall–Kier alpha value is -11.4. The van der Waals surface area contributed by atoms with Gasteiger partial charge in [0, 0.05) is 133 Å². The molecule has 0 spiro atoms. The average Bonchev–Trinajstić information content (AvgIpc) is 0.782. The maximum atomic E-state index is 14.4. The van der Waals surface area contributed by atoms with E-state index in [2.05, 4.69) is 66.2 Å². The molecule has 19 nitrogen and oxygen atoms in total. The van der Waals surface area contributed by atoms with Crippen molar-refractivity contribution < 1.29 is 84.5 Å². The molecule has 4 aliphatic carbocycles. The number of hydrogen-bond acceptors (Lipinski definition) is 21. The number of sulfone groups is 1. The molecule has 17 atom stereocenters. The maximum Gasteiger partial charge on any atom is 0.185 e. The van der Waals surface area contributed by atoms with Gasteiger partial charge < -0.3 is 22.9 Å². The molecule has 4 aromatic carbocycles. The van der Waals surface area contributed by atoms with E-state index in [1.165, 1.54) is 48.7 Å². The first kappa shape index (κ1) is 105. The molecule has 8 N–H and O–H groups in total. The number of nitrogens with zero attached hydrogens (tertiary/aromatic N) is 8. The van der Waals surface area contributed by atoms with E-state index < -0.39 is 158 Å². The molecule has 4 fully saturated rings. The quantitative estimate of drug-likeness (QED) is 0.0322. The van der Waals surface area contributed by atoms with Crippen molar-refractivity contribution in [3.8, 4) is 45.0 Å². The van der Waals surface area contributed by atoms with Gasteiger partial charge >= 0.3 is 0 Å². The van der Waals surface area contributed by atoms with E-state index >= 15 is 0 Å². The van der Waals surface area contributed by atoms with Crippen LogP contribution in [0.2, 0.25) is 0 Å². The van der Waals surface area contributed by atoms with Gasteiger partial charge in [-0.3, -0.25) is 43.3 Å². The van der Waals surface area contributed by atoms with Crippen LogP contribution in [-0.2, 0) is 46.3 Å². The minimum Gasteiger partial charge on any atom is -0.327 e. The lowest BCUT2D eigenvalue weighted by Crippen LogP contribution is -2.48. The number of pyridine rings is 8. The van der Waals surface area contributed by atoms with Crippen LogP contribution in [0.3, 0.4) is 0 Å². The van der Waals surface area contributed by atoms with Gasteiger partial charge in [-0.2, -0.15) is 23.5 Å². The second kappa shape index (κ2) is 46.3. The predicted octanol–water partition coefficient (Wildman–Crippen LogP) is 19.9. The summed E-state index contributed by atoms with van der Waals surface area (Å²) in [6.07, 6.45) is 25.9. The molecule has 12 aromatic rings. The molecule has 0 radical (unpaired) electrons. The van der Waals surface area contributed by atoms with Crippen LogP contribution in [-0.4, -0.2) is 146 Å². The van der Waals surface area contributed by atoms with Crippen LogP contribution in [0.4, 0.5) is 52.7 Å². The fourth-order valence-electron chi connectivity index (χ4n) is 20.4. The molecular weight excluding hydrogens is 1890 g/mol. The second-order valence-electron chi connectivity index (χ2n) is 36.1. The number of nitrogens with two attached hydrogens (primary N) is 4. The van der Waals surface area contributed by atoms with Gasteiger partial charge in [0.25, 0.3) is 0 Å². The topological polar surface area (TPSA) is 327 Å². The summed E-state index contributed by atoms with van der Waals surface area (Å²) in [5.74, 6) is -11.9. The molecule has 4 saturated carbocycles. The lowest BCUT2D eigenvalue weighted by molar-refractivity contribution is 0.0979. The lowest BCUT2D eigenvalue weighted by atomic mass is 9.75. The molecule has 139 heavy (non-hydrogen) atoms. The Morgan fingerprint density at radius 3 is 0.799 bits per heavy atom. The van der Waals surface area contributed by atoms with Crippen LogP contribution in [0.25, 0.3) is 45.0 Å². The van der Waals surface area contributed by atoms with Crippen molar-refractivity contribution in [3.05, 3.63) is 332 Å². The molecule has 1 unspecified atom stereocenters. The Morgan fingerprint density at radius 1 is 0.338 bits per heavy atom. The zero-order valence-electron chi connectivity index (χ0n) is 77.1. The zero-order valence-corrected chi connectivity index (χ0v) is 80.4. The Bertz CT molecular complexity index is 6360. The maximum absolute atomic E-state index is 14.4. The number of carbonyl (C=O) groups is 4. The van der Waals surface area contributed by atoms with Crippen molar-refractivity contribution in [3.63, 3.8) is 0 Å². The van der Waals surface area contributed by atoms with Crippen molar-refractivity contribution in [1.29, 1.82) is 0 Å². The van der Waals surface area contributed by atoms with E-state index in [-0.39, 0.29) is 119 Å². The van der Waals surface area contributed by atoms with Crippen molar-refractivity contribution in [1.82, 2.24) is 39.9 Å². The highest BCUT2D eigenvalue weighted by molar-refractivity contribution is 7.99.